The number of aromatic nitrogens is 1. The molecule has 1 fully saturated rings. The Hall–Kier alpha value is -2.32. The molecule has 0 saturated carbocycles. The lowest BCUT2D eigenvalue weighted by molar-refractivity contribution is 0.0633. The van der Waals surface area contributed by atoms with Crippen LogP contribution < -0.4 is 5.32 Å². The van der Waals surface area contributed by atoms with Gasteiger partial charge in [0.05, 0.1) is 25.0 Å². The summed E-state index contributed by atoms with van der Waals surface area (Å²) in [6.45, 7) is 4.87. The van der Waals surface area contributed by atoms with Gasteiger partial charge in [-0.15, -0.1) is 0 Å². The molecule has 3 heterocycles. The van der Waals surface area contributed by atoms with E-state index in [0.29, 0.717) is 38.4 Å². The first-order valence-corrected chi connectivity index (χ1v) is 8.48. The molecule has 2 aromatic rings. The van der Waals surface area contributed by atoms with Gasteiger partial charge in [-0.1, -0.05) is 5.16 Å². The third-order valence-corrected chi connectivity index (χ3v) is 4.38. The molecular weight excluding hydrogens is 324 g/mol. The third kappa shape index (κ3) is 4.61. The Kier molecular flexibility index (Phi) is 5.72. The molecule has 3 rings (SSSR count). The molecule has 0 unspecified atom stereocenters. The van der Waals surface area contributed by atoms with Crippen LogP contribution in [0.3, 0.4) is 0 Å². The van der Waals surface area contributed by atoms with Gasteiger partial charge < -0.3 is 24.3 Å². The number of nitrogens with zero attached hydrogens (tertiary/aromatic N) is 3. The third-order valence-electron chi connectivity index (χ3n) is 4.38. The number of aliphatic hydroxyl groups excluding tert-OH is 1. The molecule has 0 radical (unpaired) electrons. The van der Waals surface area contributed by atoms with Gasteiger partial charge in [0.2, 0.25) is 0 Å². The summed E-state index contributed by atoms with van der Waals surface area (Å²) >= 11 is 0. The highest BCUT2D eigenvalue weighted by Crippen LogP contribution is 2.17. The highest BCUT2D eigenvalue weighted by molar-refractivity contribution is 5.74. The van der Waals surface area contributed by atoms with Crippen molar-refractivity contribution in [2.45, 2.75) is 32.5 Å². The van der Waals surface area contributed by atoms with Crippen LogP contribution in [0.4, 0.5) is 4.79 Å². The normalized spacial score (nSPS) is 18.5. The maximum Gasteiger partial charge on any atom is 0.317 e. The largest absolute Gasteiger partial charge is 0.468 e. The Morgan fingerprint density at radius 3 is 3.00 bits per heavy atom. The number of hydrogen-bond acceptors (Lipinski definition) is 6. The zero-order chi connectivity index (χ0) is 17.6. The summed E-state index contributed by atoms with van der Waals surface area (Å²) in [6, 6.07) is 5.58. The molecule has 0 aromatic carbocycles. The van der Waals surface area contributed by atoms with Crippen molar-refractivity contribution in [3.05, 3.63) is 41.7 Å². The van der Waals surface area contributed by atoms with Crippen LogP contribution in [0.15, 0.2) is 33.4 Å². The zero-order valence-electron chi connectivity index (χ0n) is 14.4. The molecule has 0 spiro atoms. The Labute approximate surface area is 146 Å². The van der Waals surface area contributed by atoms with Crippen LogP contribution >= 0.6 is 0 Å². The summed E-state index contributed by atoms with van der Waals surface area (Å²) in [5.74, 6) is 1.52. The summed E-state index contributed by atoms with van der Waals surface area (Å²) in [7, 11) is 0. The zero-order valence-corrected chi connectivity index (χ0v) is 14.4. The number of rotatable bonds is 6. The van der Waals surface area contributed by atoms with E-state index in [9.17, 15) is 9.90 Å². The van der Waals surface area contributed by atoms with Gasteiger partial charge in [0, 0.05) is 38.3 Å². The Balaban J connectivity index is 1.54. The quantitative estimate of drug-likeness (QED) is 0.818. The topological polar surface area (TPSA) is 95.0 Å². The predicted molar refractivity (Wildman–Crippen MR) is 89.7 cm³/mol. The lowest BCUT2D eigenvalue weighted by Gasteiger charge is -2.40. The molecule has 25 heavy (non-hydrogen) atoms. The van der Waals surface area contributed by atoms with E-state index < -0.39 is 0 Å². The van der Waals surface area contributed by atoms with Crippen molar-refractivity contribution in [3.8, 4) is 0 Å². The number of hydrogen-bond donors (Lipinski definition) is 2. The van der Waals surface area contributed by atoms with Crippen LogP contribution in [-0.2, 0) is 13.1 Å². The van der Waals surface area contributed by atoms with Gasteiger partial charge in [-0.25, -0.2) is 4.79 Å². The summed E-state index contributed by atoms with van der Waals surface area (Å²) in [5.41, 5.74) is 0.791. The number of aliphatic hydroxyl groups is 1. The number of nitrogens with one attached hydrogen (secondary N) is 1. The summed E-state index contributed by atoms with van der Waals surface area (Å²) < 4.78 is 10.5. The minimum absolute atomic E-state index is 0.0894. The monoisotopic (exact) mass is 348 g/mol. The summed E-state index contributed by atoms with van der Waals surface area (Å²) in [5, 5.41) is 16.0. The Morgan fingerprint density at radius 2 is 2.32 bits per heavy atom. The van der Waals surface area contributed by atoms with Crippen LogP contribution in [0.1, 0.15) is 23.6 Å². The Bertz CT molecular complexity index is 670. The van der Waals surface area contributed by atoms with Gasteiger partial charge in [0.1, 0.15) is 5.76 Å². The van der Waals surface area contributed by atoms with Gasteiger partial charge in [-0.05, 0) is 25.5 Å². The van der Waals surface area contributed by atoms with Crippen LogP contribution in [-0.4, -0.2) is 58.4 Å². The molecule has 2 aromatic heterocycles. The van der Waals surface area contributed by atoms with E-state index in [1.807, 2.05) is 19.1 Å². The van der Waals surface area contributed by atoms with Gasteiger partial charge in [0.25, 0.3) is 0 Å². The minimum atomic E-state index is -0.130. The lowest BCUT2D eigenvalue weighted by atomic mass is 10.1. The fourth-order valence-electron chi connectivity index (χ4n) is 3.09. The summed E-state index contributed by atoms with van der Waals surface area (Å²) in [4.78, 5) is 16.4. The lowest BCUT2D eigenvalue weighted by Crippen LogP contribution is -2.56. The van der Waals surface area contributed by atoms with Crippen molar-refractivity contribution in [2.24, 2.45) is 0 Å². The predicted octanol–water partition coefficient (Wildman–Crippen LogP) is 1.35. The highest BCUT2D eigenvalue weighted by Gasteiger charge is 2.29. The number of furan rings is 1. The standard InChI is InChI=1S/C17H24N4O4/c1-13-9-16(25-19-13)10-18-17(23)21-6-5-20(14(11-21)4-7-22)12-15-3-2-8-24-15/h2-3,8-9,14,22H,4-7,10-12H2,1H3,(H,18,23)/t14-/m0/s1. The fraction of sp³-hybridized carbons (Fsp3) is 0.529. The minimum Gasteiger partial charge on any atom is -0.468 e. The van der Waals surface area contributed by atoms with Crippen molar-refractivity contribution in [1.82, 2.24) is 20.3 Å². The van der Waals surface area contributed by atoms with E-state index >= 15 is 0 Å². The fourth-order valence-corrected chi connectivity index (χ4v) is 3.09. The maximum atomic E-state index is 12.4. The molecule has 2 N–H and O–H groups in total. The second-order valence-electron chi connectivity index (χ2n) is 6.26. The van der Waals surface area contributed by atoms with E-state index in [4.69, 9.17) is 8.94 Å². The molecule has 8 nitrogen and oxygen atoms in total. The van der Waals surface area contributed by atoms with Crippen LogP contribution in [0.25, 0.3) is 0 Å². The van der Waals surface area contributed by atoms with Crippen LogP contribution in [0.2, 0.25) is 0 Å². The van der Waals surface area contributed by atoms with Gasteiger partial charge in [0.15, 0.2) is 5.76 Å². The second-order valence-corrected chi connectivity index (χ2v) is 6.26. The number of urea groups is 1. The molecule has 136 valence electrons. The van der Waals surface area contributed by atoms with E-state index in [0.717, 1.165) is 18.0 Å². The molecule has 1 aliphatic rings. The average Bonchev–Trinajstić information content (AvgIpc) is 3.26. The molecule has 1 atom stereocenters. The van der Waals surface area contributed by atoms with E-state index in [-0.39, 0.29) is 18.7 Å². The first-order valence-electron chi connectivity index (χ1n) is 8.48. The van der Waals surface area contributed by atoms with Crippen molar-refractivity contribution in [3.63, 3.8) is 0 Å². The molecule has 2 amide bonds. The number of piperazine rings is 1. The average molecular weight is 348 g/mol. The molecule has 0 bridgehead atoms. The number of amides is 2. The first kappa shape index (κ1) is 17.5. The van der Waals surface area contributed by atoms with Crippen LogP contribution in [0, 0.1) is 6.92 Å². The van der Waals surface area contributed by atoms with Crippen LogP contribution in [0.5, 0.6) is 0 Å². The molecule has 8 heteroatoms. The van der Waals surface area contributed by atoms with Gasteiger partial charge >= 0.3 is 6.03 Å². The first-order chi connectivity index (χ1) is 12.2. The maximum absolute atomic E-state index is 12.4. The van der Waals surface area contributed by atoms with E-state index in [1.165, 1.54) is 0 Å². The Morgan fingerprint density at radius 1 is 1.44 bits per heavy atom. The number of carbonyl (C=O) groups is 1. The van der Waals surface area contributed by atoms with Gasteiger partial charge in [-0.3, -0.25) is 4.90 Å². The van der Waals surface area contributed by atoms with Gasteiger partial charge in [-0.2, -0.15) is 0 Å². The molecular formula is C17H24N4O4. The van der Waals surface area contributed by atoms with E-state index in [1.54, 1.807) is 17.2 Å². The second kappa shape index (κ2) is 8.17. The van der Waals surface area contributed by atoms with Crippen molar-refractivity contribution in [2.75, 3.05) is 26.2 Å². The van der Waals surface area contributed by atoms with E-state index in [2.05, 4.69) is 15.4 Å². The van der Waals surface area contributed by atoms with Crippen molar-refractivity contribution < 1.29 is 18.8 Å². The molecule has 0 aliphatic carbocycles. The highest BCUT2D eigenvalue weighted by atomic mass is 16.5. The molecule has 1 aliphatic heterocycles. The number of carbonyl (C=O) groups excluding carboxylic acids is 1. The number of aryl methyl sites for hydroxylation is 1. The van der Waals surface area contributed by atoms with Crippen molar-refractivity contribution >= 4 is 6.03 Å². The smallest absolute Gasteiger partial charge is 0.317 e. The summed E-state index contributed by atoms with van der Waals surface area (Å²) in [6.07, 6.45) is 2.27. The molecule has 1 saturated heterocycles. The van der Waals surface area contributed by atoms with Crippen molar-refractivity contribution in [1.29, 1.82) is 0 Å². The SMILES string of the molecule is Cc1cc(CNC(=O)N2CCN(Cc3ccco3)[C@@H](CCO)C2)on1.